The smallest absolute Gasteiger partial charge is 0.239 e. The fourth-order valence-electron chi connectivity index (χ4n) is 2.12. The van der Waals surface area contributed by atoms with Crippen molar-refractivity contribution in [2.75, 3.05) is 0 Å². The van der Waals surface area contributed by atoms with Gasteiger partial charge in [-0.15, -0.1) is 5.10 Å². The third-order valence-electron chi connectivity index (χ3n) is 3.29. The van der Waals surface area contributed by atoms with Gasteiger partial charge in [-0.05, 0) is 41.8 Å². The van der Waals surface area contributed by atoms with Crippen molar-refractivity contribution in [2.24, 2.45) is 10.2 Å². The summed E-state index contributed by atoms with van der Waals surface area (Å²) in [6, 6.07) is 16.5. The Morgan fingerprint density at radius 1 is 1.13 bits per heavy atom. The van der Waals surface area contributed by atoms with Crippen molar-refractivity contribution in [1.29, 1.82) is 0 Å². The number of carbonyl (C=O) groups is 1. The van der Waals surface area contributed by atoms with Crippen molar-refractivity contribution in [3.05, 3.63) is 65.7 Å². The molecule has 1 fully saturated rings. The van der Waals surface area contributed by atoms with Gasteiger partial charge >= 0.3 is 0 Å². The number of thioether (sulfide) groups is 1. The van der Waals surface area contributed by atoms with Gasteiger partial charge in [0, 0.05) is 0 Å². The van der Waals surface area contributed by atoms with E-state index in [9.17, 15) is 9.90 Å². The Morgan fingerprint density at radius 3 is 2.61 bits per heavy atom. The van der Waals surface area contributed by atoms with E-state index < -0.39 is 0 Å². The molecule has 0 radical (unpaired) electrons. The van der Waals surface area contributed by atoms with Gasteiger partial charge < -0.3 is 10.4 Å². The van der Waals surface area contributed by atoms with Gasteiger partial charge in [-0.2, -0.15) is 5.10 Å². The van der Waals surface area contributed by atoms with Crippen LogP contribution in [0.1, 0.15) is 11.1 Å². The van der Waals surface area contributed by atoms with Gasteiger partial charge in [0.15, 0.2) is 5.17 Å². The molecule has 3 rings (SSSR count). The van der Waals surface area contributed by atoms with Crippen LogP contribution in [0, 0.1) is 0 Å². The van der Waals surface area contributed by atoms with E-state index in [1.165, 1.54) is 11.8 Å². The number of nitrogens with zero attached hydrogens (tertiary/aromatic N) is 2. The predicted octanol–water partition coefficient (Wildman–Crippen LogP) is 2.56. The average Bonchev–Trinajstić information content (AvgIpc) is 2.90. The van der Waals surface area contributed by atoms with Crippen molar-refractivity contribution in [3.8, 4) is 5.75 Å². The van der Waals surface area contributed by atoms with Gasteiger partial charge in [0.05, 0.1) is 11.5 Å². The molecule has 2 aromatic carbocycles. The first-order chi connectivity index (χ1) is 11.2. The Bertz CT molecular complexity index is 742. The highest BCUT2D eigenvalue weighted by Gasteiger charge is 2.30. The SMILES string of the molecule is O=C1NC(=N/N=C\c2ccc(O)cc2)S[C@@H]1Cc1ccccc1. The number of phenolic OH excluding ortho intramolecular Hbond substituents is 1. The molecular weight excluding hydrogens is 310 g/mol. The Hall–Kier alpha value is -2.60. The Balaban J connectivity index is 1.61. The first-order valence-corrected chi connectivity index (χ1v) is 8.00. The van der Waals surface area contributed by atoms with Crippen LogP contribution >= 0.6 is 11.8 Å². The molecule has 1 heterocycles. The zero-order valence-electron chi connectivity index (χ0n) is 12.2. The lowest BCUT2D eigenvalue weighted by Crippen LogP contribution is -2.25. The maximum Gasteiger partial charge on any atom is 0.239 e. The van der Waals surface area contributed by atoms with Gasteiger partial charge in [0.2, 0.25) is 5.91 Å². The van der Waals surface area contributed by atoms with E-state index in [0.29, 0.717) is 11.6 Å². The molecule has 0 aliphatic carbocycles. The van der Waals surface area contributed by atoms with Gasteiger partial charge in [0.1, 0.15) is 5.75 Å². The highest BCUT2D eigenvalue weighted by molar-refractivity contribution is 8.15. The number of rotatable bonds is 4. The van der Waals surface area contributed by atoms with Gasteiger partial charge in [-0.1, -0.05) is 42.1 Å². The van der Waals surface area contributed by atoms with Crippen molar-refractivity contribution in [2.45, 2.75) is 11.7 Å². The number of hydrogen-bond donors (Lipinski definition) is 2. The molecule has 1 aliphatic rings. The average molecular weight is 325 g/mol. The van der Waals surface area contributed by atoms with Crippen LogP contribution in [-0.2, 0) is 11.2 Å². The largest absolute Gasteiger partial charge is 0.508 e. The molecule has 23 heavy (non-hydrogen) atoms. The number of hydrogen-bond acceptors (Lipinski definition) is 5. The van der Waals surface area contributed by atoms with E-state index in [1.807, 2.05) is 30.3 Å². The van der Waals surface area contributed by atoms with Crippen LogP contribution in [0.4, 0.5) is 0 Å². The molecule has 1 atom stereocenters. The van der Waals surface area contributed by atoms with Crippen LogP contribution in [0.5, 0.6) is 5.75 Å². The van der Waals surface area contributed by atoms with Crippen LogP contribution in [-0.4, -0.2) is 27.6 Å². The monoisotopic (exact) mass is 325 g/mol. The highest BCUT2D eigenvalue weighted by Crippen LogP contribution is 2.23. The summed E-state index contributed by atoms with van der Waals surface area (Å²) in [5.74, 6) is 0.160. The second-order valence-corrected chi connectivity index (χ2v) is 6.22. The third kappa shape index (κ3) is 4.20. The minimum atomic E-state index is -0.181. The maximum atomic E-state index is 12.0. The summed E-state index contributed by atoms with van der Waals surface area (Å²) in [6.07, 6.45) is 2.24. The molecule has 1 aliphatic heterocycles. The van der Waals surface area contributed by atoms with Crippen LogP contribution in [0.2, 0.25) is 0 Å². The Kier molecular flexibility index (Phi) is 4.73. The Morgan fingerprint density at radius 2 is 1.87 bits per heavy atom. The Labute approximate surface area is 138 Å². The van der Waals surface area contributed by atoms with Crippen molar-refractivity contribution >= 4 is 29.1 Å². The second-order valence-electron chi connectivity index (χ2n) is 5.03. The summed E-state index contributed by atoms with van der Waals surface area (Å²) in [4.78, 5) is 12.0. The maximum absolute atomic E-state index is 12.0. The minimum absolute atomic E-state index is 0.0440. The number of carbonyl (C=O) groups excluding carboxylic acids is 1. The van der Waals surface area contributed by atoms with Gasteiger partial charge in [-0.25, -0.2) is 0 Å². The van der Waals surface area contributed by atoms with E-state index in [4.69, 9.17) is 0 Å². The molecule has 0 bridgehead atoms. The molecular formula is C17H15N3O2S. The fraction of sp³-hybridized carbons (Fsp3) is 0.118. The van der Waals surface area contributed by atoms with Gasteiger partial charge in [0.25, 0.3) is 0 Å². The zero-order chi connectivity index (χ0) is 16.1. The van der Waals surface area contributed by atoms with Crippen LogP contribution in [0.3, 0.4) is 0 Å². The summed E-state index contributed by atoms with van der Waals surface area (Å²) in [5, 5.41) is 20.3. The molecule has 5 nitrogen and oxygen atoms in total. The lowest BCUT2D eigenvalue weighted by molar-refractivity contribution is -0.118. The molecule has 1 saturated heterocycles. The molecule has 6 heteroatoms. The predicted molar refractivity (Wildman–Crippen MR) is 92.8 cm³/mol. The third-order valence-corrected chi connectivity index (χ3v) is 4.36. The molecule has 1 amide bonds. The normalized spacial score (nSPS) is 19.4. The van der Waals surface area contributed by atoms with Crippen molar-refractivity contribution in [1.82, 2.24) is 5.32 Å². The standard InChI is InChI=1S/C17H15N3O2S/c21-14-8-6-13(7-9-14)11-18-20-17-19-16(22)15(23-17)10-12-4-2-1-3-5-12/h1-9,11,15,21H,10H2,(H,19,20,22)/b18-11-/t15-/m1/s1. The van der Waals surface area contributed by atoms with Crippen molar-refractivity contribution in [3.63, 3.8) is 0 Å². The van der Waals surface area contributed by atoms with E-state index in [0.717, 1.165) is 11.1 Å². The topological polar surface area (TPSA) is 74.0 Å². The van der Waals surface area contributed by atoms with E-state index in [2.05, 4.69) is 15.5 Å². The highest BCUT2D eigenvalue weighted by atomic mass is 32.2. The molecule has 0 saturated carbocycles. The summed E-state index contributed by atoms with van der Waals surface area (Å²) in [7, 11) is 0. The van der Waals surface area contributed by atoms with Gasteiger partial charge in [-0.3, -0.25) is 4.79 Å². The number of nitrogens with one attached hydrogen (secondary N) is 1. The summed E-state index contributed by atoms with van der Waals surface area (Å²) >= 11 is 1.39. The molecule has 116 valence electrons. The number of amidine groups is 1. The van der Waals surface area contributed by atoms with E-state index in [-0.39, 0.29) is 16.9 Å². The fourth-order valence-corrected chi connectivity index (χ4v) is 3.09. The number of aromatic hydroxyl groups is 1. The van der Waals surface area contributed by atoms with Crippen LogP contribution < -0.4 is 5.32 Å². The molecule has 2 aromatic rings. The molecule has 0 spiro atoms. The van der Waals surface area contributed by atoms with E-state index in [1.54, 1.807) is 30.5 Å². The van der Waals surface area contributed by atoms with Crippen LogP contribution in [0.15, 0.2) is 64.8 Å². The summed E-state index contributed by atoms with van der Waals surface area (Å²) in [6.45, 7) is 0. The lowest BCUT2D eigenvalue weighted by atomic mass is 10.1. The number of benzene rings is 2. The lowest BCUT2D eigenvalue weighted by Gasteiger charge is -2.04. The molecule has 0 unspecified atom stereocenters. The quantitative estimate of drug-likeness (QED) is 0.670. The zero-order valence-corrected chi connectivity index (χ0v) is 13.0. The summed E-state index contributed by atoms with van der Waals surface area (Å²) in [5.41, 5.74) is 1.94. The van der Waals surface area contributed by atoms with Crippen molar-refractivity contribution < 1.29 is 9.90 Å². The number of phenols is 1. The molecule has 2 N–H and O–H groups in total. The minimum Gasteiger partial charge on any atom is -0.508 e. The first kappa shape index (κ1) is 15.3. The van der Waals surface area contributed by atoms with Crippen LogP contribution in [0.25, 0.3) is 0 Å². The molecule has 0 aromatic heterocycles. The first-order valence-electron chi connectivity index (χ1n) is 7.12. The summed E-state index contributed by atoms with van der Waals surface area (Å²) < 4.78 is 0. The van der Waals surface area contributed by atoms with E-state index >= 15 is 0 Å². The second kappa shape index (κ2) is 7.11. The number of amides is 1.